The van der Waals surface area contributed by atoms with Crippen molar-refractivity contribution in [3.05, 3.63) is 5.28 Å². The van der Waals surface area contributed by atoms with Gasteiger partial charge in [0.05, 0.1) is 0 Å². The van der Waals surface area contributed by atoms with Crippen LogP contribution in [0.15, 0.2) is 0 Å². The van der Waals surface area contributed by atoms with E-state index in [4.69, 9.17) is 11.6 Å². The number of halogens is 1. The van der Waals surface area contributed by atoms with Crippen LogP contribution in [-0.2, 0) is 0 Å². The summed E-state index contributed by atoms with van der Waals surface area (Å²) in [5.74, 6) is 2.11. The van der Waals surface area contributed by atoms with Gasteiger partial charge in [-0.15, -0.1) is 0 Å². The molecular formula is C13H20ClN5. The third kappa shape index (κ3) is 3.26. The predicted molar refractivity (Wildman–Crippen MR) is 76.7 cm³/mol. The number of anilines is 2. The molecule has 3 rings (SSSR count). The Labute approximate surface area is 118 Å². The van der Waals surface area contributed by atoms with Gasteiger partial charge in [0, 0.05) is 19.6 Å². The Balaban J connectivity index is 1.67. The SMILES string of the molecule is Clc1nc(NCC2CCC2)nc(N2CCCCC2)n1. The van der Waals surface area contributed by atoms with E-state index in [9.17, 15) is 0 Å². The fourth-order valence-electron chi connectivity index (χ4n) is 2.59. The molecule has 0 bridgehead atoms. The predicted octanol–water partition coefficient (Wildman–Crippen LogP) is 2.73. The molecule has 0 unspecified atom stereocenters. The summed E-state index contributed by atoms with van der Waals surface area (Å²) in [4.78, 5) is 15.1. The molecule has 5 nitrogen and oxygen atoms in total. The maximum absolute atomic E-state index is 6.00. The molecule has 1 aliphatic carbocycles. The highest BCUT2D eigenvalue weighted by atomic mass is 35.5. The van der Waals surface area contributed by atoms with Gasteiger partial charge in [-0.25, -0.2) is 0 Å². The molecule has 0 aromatic carbocycles. The van der Waals surface area contributed by atoms with Crippen molar-refractivity contribution in [1.82, 2.24) is 15.0 Å². The molecule has 104 valence electrons. The van der Waals surface area contributed by atoms with E-state index in [2.05, 4.69) is 25.2 Å². The van der Waals surface area contributed by atoms with Crippen LogP contribution in [0.3, 0.4) is 0 Å². The number of hydrogen-bond donors (Lipinski definition) is 1. The second kappa shape index (κ2) is 5.90. The Bertz CT molecular complexity index is 429. The highest BCUT2D eigenvalue weighted by Gasteiger charge is 2.19. The Morgan fingerprint density at radius 1 is 1.05 bits per heavy atom. The van der Waals surface area contributed by atoms with Gasteiger partial charge in [0.15, 0.2) is 0 Å². The van der Waals surface area contributed by atoms with Gasteiger partial charge in [-0.3, -0.25) is 0 Å². The van der Waals surface area contributed by atoms with Gasteiger partial charge in [0.25, 0.3) is 0 Å². The zero-order valence-corrected chi connectivity index (χ0v) is 11.9. The van der Waals surface area contributed by atoms with Crippen LogP contribution in [0.1, 0.15) is 38.5 Å². The second-order valence-electron chi connectivity index (χ2n) is 5.45. The van der Waals surface area contributed by atoms with Crippen LogP contribution < -0.4 is 10.2 Å². The molecule has 0 spiro atoms. The molecule has 1 N–H and O–H groups in total. The minimum absolute atomic E-state index is 0.284. The molecular weight excluding hydrogens is 262 g/mol. The molecule has 6 heteroatoms. The van der Waals surface area contributed by atoms with Crippen molar-refractivity contribution in [3.63, 3.8) is 0 Å². The topological polar surface area (TPSA) is 53.9 Å². The number of hydrogen-bond acceptors (Lipinski definition) is 5. The van der Waals surface area contributed by atoms with E-state index in [0.717, 1.165) is 31.5 Å². The van der Waals surface area contributed by atoms with Crippen LogP contribution in [-0.4, -0.2) is 34.6 Å². The molecule has 19 heavy (non-hydrogen) atoms. The summed E-state index contributed by atoms with van der Waals surface area (Å²) in [5.41, 5.74) is 0. The van der Waals surface area contributed by atoms with Gasteiger partial charge in [-0.2, -0.15) is 15.0 Å². The molecule has 0 atom stereocenters. The summed E-state index contributed by atoms with van der Waals surface area (Å²) < 4.78 is 0. The summed E-state index contributed by atoms with van der Waals surface area (Å²) in [5, 5.41) is 3.58. The van der Waals surface area contributed by atoms with Crippen LogP contribution in [0.5, 0.6) is 0 Å². The summed E-state index contributed by atoms with van der Waals surface area (Å²) in [7, 11) is 0. The Kier molecular flexibility index (Phi) is 4.01. The van der Waals surface area contributed by atoms with Crippen molar-refractivity contribution >= 4 is 23.5 Å². The van der Waals surface area contributed by atoms with Gasteiger partial charge in [-0.05, 0) is 49.6 Å². The molecule has 1 saturated heterocycles. The van der Waals surface area contributed by atoms with Gasteiger partial charge in [0.1, 0.15) is 0 Å². The summed E-state index contributed by atoms with van der Waals surface area (Å²) in [6, 6.07) is 0. The lowest BCUT2D eigenvalue weighted by atomic mass is 9.85. The summed E-state index contributed by atoms with van der Waals surface area (Å²) >= 11 is 6.00. The molecule has 1 aromatic rings. The Morgan fingerprint density at radius 2 is 1.84 bits per heavy atom. The van der Waals surface area contributed by atoms with Gasteiger partial charge in [0.2, 0.25) is 17.2 Å². The Hall–Kier alpha value is -1.10. The monoisotopic (exact) mass is 281 g/mol. The number of nitrogens with zero attached hydrogens (tertiary/aromatic N) is 4. The fraction of sp³-hybridized carbons (Fsp3) is 0.769. The average molecular weight is 282 g/mol. The maximum Gasteiger partial charge on any atom is 0.231 e. The van der Waals surface area contributed by atoms with E-state index in [1.165, 1.54) is 38.5 Å². The number of nitrogens with one attached hydrogen (secondary N) is 1. The van der Waals surface area contributed by atoms with E-state index in [0.29, 0.717) is 5.95 Å². The smallest absolute Gasteiger partial charge is 0.231 e. The van der Waals surface area contributed by atoms with Crippen molar-refractivity contribution in [3.8, 4) is 0 Å². The highest BCUT2D eigenvalue weighted by molar-refractivity contribution is 6.28. The first-order valence-corrected chi connectivity index (χ1v) is 7.59. The first kappa shape index (κ1) is 12.9. The standard InChI is InChI=1S/C13H20ClN5/c14-11-16-12(15-9-10-5-4-6-10)18-13(17-11)19-7-2-1-3-8-19/h10H,1-9H2,(H,15,16,17,18). The van der Waals surface area contributed by atoms with Crippen LogP contribution in [0.25, 0.3) is 0 Å². The second-order valence-corrected chi connectivity index (χ2v) is 5.79. The maximum atomic E-state index is 6.00. The quantitative estimate of drug-likeness (QED) is 0.920. The average Bonchev–Trinajstić information content (AvgIpc) is 2.37. The van der Waals surface area contributed by atoms with Crippen molar-refractivity contribution in [2.24, 2.45) is 5.92 Å². The normalized spacial score (nSPS) is 20.2. The summed E-state index contributed by atoms with van der Waals surface area (Å²) in [6.45, 7) is 2.98. The molecule has 2 fully saturated rings. The largest absolute Gasteiger partial charge is 0.354 e. The van der Waals surface area contributed by atoms with Crippen LogP contribution >= 0.6 is 11.6 Å². The molecule has 0 amide bonds. The van der Waals surface area contributed by atoms with Gasteiger partial charge >= 0.3 is 0 Å². The first-order chi connectivity index (χ1) is 9.31. The lowest BCUT2D eigenvalue weighted by molar-refractivity contribution is 0.333. The highest BCUT2D eigenvalue weighted by Crippen LogP contribution is 2.26. The Morgan fingerprint density at radius 3 is 2.53 bits per heavy atom. The zero-order chi connectivity index (χ0) is 13.1. The molecule has 1 aliphatic heterocycles. The molecule has 0 radical (unpaired) electrons. The number of rotatable bonds is 4. The van der Waals surface area contributed by atoms with E-state index < -0.39 is 0 Å². The lowest BCUT2D eigenvalue weighted by Gasteiger charge is -2.27. The van der Waals surface area contributed by atoms with Crippen molar-refractivity contribution in [2.45, 2.75) is 38.5 Å². The van der Waals surface area contributed by atoms with E-state index in [1.54, 1.807) is 0 Å². The van der Waals surface area contributed by atoms with E-state index in [-0.39, 0.29) is 5.28 Å². The van der Waals surface area contributed by atoms with Gasteiger partial charge in [-0.1, -0.05) is 6.42 Å². The number of aromatic nitrogens is 3. The molecule has 1 aromatic heterocycles. The van der Waals surface area contributed by atoms with E-state index in [1.807, 2.05) is 0 Å². The first-order valence-electron chi connectivity index (χ1n) is 7.21. The minimum atomic E-state index is 0.284. The van der Waals surface area contributed by atoms with Crippen molar-refractivity contribution in [1.29, 1.82) is 0 Å². The molecule has 2 heterocycles. The molecule has 2 aliphatic rings. The lowest BCUT2D eigenvalue weighted by Crippen LogP contribution is -2.31. The zero-order valence-electron chi connectivity index (χ0n) is 11.1. The third-order valence-corrected chi connectivity index (χ3v) is 4.18. The van der Waals surface area contributed by atoms with Crippen molar-refractivity contribution in [2.75, 3.05) is 29.9 Å². The third-order valence-electron chi connectivity index (χ3n) is 4.01. The van der Waals surface area contributed by atoms with Crippen LogP contribution in [0, 0.1) is 5.92 Å². The van der Waals surface area contributed by atoms with Crippen LogP contribution in [0.4, 0.5) is 11.9 Å². The van der Waals surface area contributed by atoms with Gasteiger partial charge < -0.3 is 10.2 Å². The summed E-state index contributed by atoms with van der Waals surface area (Å²) in [6.07, 6.45) is 7.67. The fourth-order valence-corrected chi connectivity index (χ4v) is 2.74. The minimum Gasteiger partial charge on any atom is -0.354 e. The van der Waals surface area contributed by atoms with Crippen molar-refractivity contribution < 1.29 is 0 Å². The van der Waals surface area contributed by atoms with E-state index >= 15 is 0 Å². The van der Waals surface area contributed by atoms with Crippen LogP contribution in [0.2, 0.25) is 5.28 Å². The molecule has 1 saturated carbocycles. The number of piperidine rings is 1.